The Morgan fingerprint density at radius 2 is 2.19 bits per heavy atom. The Labute approximate surface area is 132 Å². The molecule has 0 bridgehead atoms. The van der Waals surface area contributed by atoms with Gasteiger partial charge in [0.25, 0.3) is 0 Å². The summed E-state index contributed by atoms with van der Waals surface area (Å²) in [7, 11) is 0. The fraction of sp³-hybridized carbons (Fsp3) is 0.375. The lowest BCUT2D eigenvalue weighted by atomic mass is 9.76. The summed E-state index contributed by atoms with van der Waals surface area (Å²) in [5.74, 6) is 0.476. The number of rotatable bonds is 7. The van der Waals surface area contributed by atoms with E-state index in [0.717, 1.165) is 0 Å². The zero-order valence-electron chi connectivity index (χ0n) is 11.8. The SMILES string of the molecule is C#CCCCC(C(=O)O)(C(=O)OCC)c1cccc(Br)c1. The number of aliphatic carboxylic acids is 1. The summed E-state index contributed by atoms with van der Waals surface area (Å²) < 4.78 is 5.71. The lowest BCUT2D eigenvalue weighted by Crippen LogP contribution is -2.45. The van der Waals surface area contributed by atoms with Gasteiger partial charge in [0.15, 0.2) is 5.41 Å². The first kappa shape index (κ1) is 17.3. The Morgan fingerprint density at radius 1 is 1.48 bits per heavy atom. The smallest absolute Gasteiger partial charge is 0.328 e. The highest BCUT2D eigenvalue weighted by molar-refractivity contribution is 9.10. The van der Waals surface area contributed by atoms with Gasteiger partial charge in [-0.15, -0.1) is 12.3 Å². The molecule has 0 fully saturated rings. The Bertz CT molecular complexity index is 562. The van der Waals surface area contributed by atoms with E-state index >= 15 is 0 Å². The van der Waals surface area contributed by atoms with Crippen molar-refractivity contribution >= 4 is 27.9 Å². The number of esters is 1. The van der Waals surface area contributed by atoms with Crippen molar-refractivity contribution in [3.8, 4) is 12.3 Å². The number of unbranched alkanes of at least 4 members (excludes halogenated alkanes) is 1. The van der Waals surface area contributed by atoms with E-state index in [4.69, 9.17) is 11.2 Å². The molecular weight excluding hydrogens is 336 g/mol. The molecule has 1 aromatic rings. The molecule has 1 atom stereocenters. The molecule has 1 aromatic carbocycles. The van der Waals surface area contributed by atoms with E-state index in [-0.39, 0.29) is 13.0 Å². The van der Waals surface area contributed by atoms with Gasteiger partial charge in [-0.05, 0) is 37.5 Å². The molecule has 0 aliphatic rings. The Kier molecular flexibility index (Phi) is 6.44. The molecule has 1 rings (SSSR count). The van der Waals surface area contributed by atoms with E-state index in [0.29, 0.717) is 22.9 Å². The maximum Gasteiger partial charge on any atom is 0.328 e. The van der Waals surface area contributed by atoms with Crippen LogP contribution in [0.25, 0.3) is 0 Å². The van der Waals surface area contributed by atoms with Gasteiger partial charge in [0.1, 0.15) is 0 Å². The van der Waals surface area contributed by atoms with Crippen molar-refractivity contribution < 1.29 is 19.4 Å². The quantitative estimate of drug-likeness (QED) is 0.354. The number of terminal acetylenes is 1. The maximum absolute atomic E-state index is 12.3. The molecule has 1 N–H and O–H groups in total. The minimum atomic E-state index is -1.73. The standard InChI is InChI=1S/C16H17BrO4/c1-3-5-6-10-16(14(18)19,15(20)21-4-2)12-8-7-9-13(17)11-12/h1,7-9,11H,4-6,10H2,2H3,(H,18,19). The van der Waals surface area contributed by atoms with E-state index in [1.54, 1.807) is 31.2 Å². The molecule has 0 heterocycles. The monoisotopic (exact) mass is 352 g/mol. The van der Waals surface area contributed by atoms with E-state index in [9.17, 15) is 14.7 Å². The minimum absolute atomic E-state index is 0.0990. The van der Waals surface area contributed by atoms with Gasteiger partial charge >= 0.3 is 11.9 Å². The largest absolute Gasteiger partial charge is 0.480 e. The molecule has 0 spiro atoms. The summed E-state index contributed by atoms with van der Waals surface area (Å²) in [6.45, 7) is 1.77. The first-order valence-electron chi connectivity index (χ1n) is 6.59. The molecule has 0 amide bonds. The van der Waals surface area contributed by atoms with Crippen molar-refractivity contribution in [3.63, 3.8) is 0 Å². The highest BCUT2D eigenvalue weighted by Crippen LogP contribution is 2.33. The second-order valence-corrected chi connectivity index (χ2v) is 5.41. The highest BCUT2D eigenvalue weighted by Gasteiger charge is 2.48. The molecule has 0 saturated carbocycles. The Balaban J connectivity index is 3.33. The van der Waals surface area contributed by atoms with Crippen LogP contribution in [0, 0.1) is 12.3 Å². The Hall–Kier alpha value is -1.80. The predicted octanol–water partition coefficient (Wildman–Crippen LogP) is 3.14. The Morgan fingerprint density at radius 3 is 2.71 bits per heavy atom. The molecule has 1 unspecified atom stereocenters. The zero-order valence-corrected chi connectivity index (χ0v) is 13.4. The third-order valence-electron chi connectivity index (χ3n) is 3.18. The van der Waals surface area contributed by atoms with Gasteiger partial charge in [-0.25, -0.2) is 0 Å². The molecule has 5 heteroatoms. The van der Waals surface area contributed by atoms with Gasteiger partial charge in [-0.3, -0.25) is 9.59 Å². The predicted molar refractivity (Wildman–Crippen MR) is 82.8 cm³/mol. The van der Waals surface area contributed by atoms with Crippen LogP contribution in [0.5, 0.6) is 0 Å². The molecule has 0 radical (unpaired) electrons. The van der Waals surface area contributed by atoms with Crippen LogP contribution in [0.3, 0.4) is 0 Å². The molecule has 4 nitrogen and oxygen atoms in total. The molecular formula is C16H17BrO4. The van der Waals surface area contributed by atoms with Crippen LogP contribution >= 0.6 is 15.9 Å². The van der Waals surface area contributed by atoms with Gasteiger partial charge in [-0.2, -0.15) is 0 Å². The summed E-state index contributed by atoms with van der Waals surface area (Å²) in [4.78, 5) is 24.2. The molecule has 112 valence electrons. The van der Waals surface area contributed by atoms with Crippen molar-refractivity contribution in [3.05, 3.63) is 34.3 Å². The number of ether oxygens (including phenoxy) is 1. The summed E-state index contributed by atoms with van der Waals surface area (Å²) in [6.07, 6.45) is 6.14. The van der Waals surface area contributed by atoms with Crippen LogP contribution in [0.4, 0.5) is 0 Å². The number of hydrogen-bond acceptors (Lipinski definition) is 3. The highest BCUT2D eigenvalue weighted by atomic mass is 79.9. The average molecular weight is 353 g/mol. The van der Waals surface area contributed by atoms with Crippen molar-refractivity contribution in [1.82, 2.24) is 0 Å². The van der Waals surface area contributed by atoms with E-state index < -0.39 is 17.4 Å². The number of carboxylic acid groups (broad SMARTS) is 1. The second kappa shape index (κ2) is 7.84. The van der Waals surface area contributed by atoms with Gasteiger partial charge in [0.2, 0.25) is 0 Å². The van der Waals surface area contributed by atoms with Gasteiger partial charge < -0.3 is 9.84 Å². The topological polar surface area (TPSA) is 63.6 Å². The van der Waals surface area contributed by atoms with Crippen LogP contribution in [0.1, 0.15) is 31.7 Å². The molecule has 0 aromatic heterocycles. The van der Waals surface area contributed by atoms with Crippen molar-refractivity contribution in [2.24, 2.45) is 0 Å². The fourth-order valence-electron chi connectivity index (χ4n) is 2.15. The van der Waals surface area contributed by atoms with Crippen LogP contribution in [0.2, 0.25) is 0 Å². The summed E-state index contributed by atoms with van der Waals surface area (Å²) in [5.41, 5.74) is -1.34. The zero-order chi connectivity index (χ0) is 15.9. The summed E-state index contributed by atoms with van der Waals surface area (Å²) >= 11 is 3.30. The number of hydrogen-bond donors (Lipinski definition) is 1. The number of benzene rings is 1. The number of carbonyl (C=O) groups excluding carboxylic acids is 1. The number of carboxylic acids is 1. The van der Waals surface area contributed by atoms with Crippen LogP contribution in [-0.2, 0) is 19.7 Å². The molecule has 0 saturated heterocycles. The van der Waals surface area contributed by atoms with Crippen molar-refractivity contribution in [2.75, 3.05) is 6.61 Å². The van der Waals surface area contributed by atoms with Crippen LogP contribution in [-0.4, -0.2) is 23.7 Å². The third-order valence-corrected chi connectivity index (χ3v) is 3.67. The molecule has 0 aliphatic carbocycles. The van der Waals surface area contributed by atoms with E-state index in [2.05, 4.69) is 21.9 Å². The third kappa shape index (κ3) is 3.85. The van der Waals surface area contributed by atoms with Gasteiger partial charge in [0.05, 0.1) is 6.61 Å². The number of carbonyl (C=O) groups is 2. The van der Waals surface area contributed by atoms with Gasteiger partial charge in [-0.1, -0.05) is 28.1 Å². The van der Waals surface area contributed by atoms with E-state index in [1.807, 2.05) is 0 Å². The number of halogens is 1. The van der Waals surface area contributed by atoms with Crippen LogP contribution in [0.15, 0.2) is 28.7 Å². The summed E-state index contributed by atoms with van der Waals surface area (Å²) in [6, 6.07) is 6.70. The second-order valence-electron chi connectivity index (χ2n) is 4.50. The van der Waals surface area contributed by atoms with Crippen LogP contribution < -0.4 is 0 Å². The average Bonchev–Trinajstić information content (AvgIpc) is 2.43. The normalized spacial score (nSPS) is 13.0. The van der Waals surface area contributed by atoms with E-state index in [1.165, 1.54) is 0 Å². The lowest BCUT2D eigenvalue weighted by Gasteiger charge is -2.27. The first-order valence-corrected chi connectivity index (χ1v) is 7.38. The van der Waals surface area contributed by atoms with Crippen molar-refractivity contribution in [2.45, 2.75) is 31.6 Å². The summed E-state index contributed by atoms with van der Waals surface area (Å²) in [5, 5.41) is 9.70. The first-order chi connectivity index (χ1) is 9.98. The fourth-order valence-corrected chi connectivity index (χ4v) is 2.55. The minimum Gasteiger partial charge on any atom is -0.480 e. The van der Waals surface area contributed by atoms with Gasteiger partial charge in [0, 0.05) is 10.9 Å². The maximum atomic E-state index is 12.3. The molecule has 21 heavy (non-hydrogen) atoms. The lowest BCUT2D eigenvalue weighted by molar-refractivity contribution is -0.162. The molecule has 0 aliphatic heterocycles. The van der Waals surface area contributed by atoms with Crippen molar-refractivity contribution in [1.29, 1.82) is 0 Å².